The van der Waals surface area contributed by atoms with Crippen LogP contribution in [-0.2, 0) is 16.6 Å². The van der Waals surface area contributed by atoms with Crippen molar-refractivity contribution in [3.63, 3.8) is 0 Å². The predicted molar refractivity (Wildman–Crippen MR) is 111 cm³/mol. The highest BCUT2D eigenvalue weighted by Crippen LogP contribution is 2.38. The molecule has 7 nitrogen and oxygen atoms in total. The molecule has 1 N–H and O–H groups in total. The van der Waals surface area contributed by atoms with Gasteiger partial charge in [0, 0.05) is 24.3 Å². The number of nitrogens with one attached hydrogen (secondary N) is 1. The maximum absolute atomic E-state index is 12.8. The molecule has 3 aromatic heterocycles. The molecule has 0 radical (unpaired) electrons. The first-order valence-electron chi connectivity index (χ1n) is 9.64. The highest BCUT2D eigenvalue weighted by atomic mass is 35.5. The molecule has 0 saturated heterocycles. The molecule has 32 heavy (non-hydrogen) atoms. The van der Waals surface area contributed by atoms with Crippen LogP contribution in [0.1, 0.15) is 25.3 Å². The van der Waals surface area contributed by atoms with Gasteiger partial charge < -0.3 is 4.57 Å². The molecule has 1 saturated carbocycles. The van der Waals surface area contributed by atoms with Gasteiger partial charge >= 0.3 is 6.18 Å². The van der Waals surface area contributed by atoms with E-state index < -0.39 is 27.1 Å². The van der Waals surface area contributed by atoms with Gasteiger partial charge in [0.2, 0.25) is 10.0 Å². The normalized spacial score (nSPS) is 15.6. The number of rotatable bonds is 6. The average Bonchev–Trinajstić information content (AvgIpc) is 3.48. The fraction of sp³-hybridized carbons (Fsp3) is 0.350. The number of hydrogen-bond acceptors (Lipinski definition) is 5. The van der Waals surface area contributed by atoms with Crippen LogP contribution in [0.3, 0.4) is 0 Å². The van der Waals surface area contributed by atoms with Crippen molar-refractivity contribution >= 4 is 32.7 Å². The summed E-state index contributed by atoms with van der Waals surface area (Å²) in [5.41, 5.74) is 1.62. The van der Waals surface area contributed by atoms with Crippen molar-refractivity contribution in [1.29, 1.82) is 5.26 Å². The number of sulfonamides is 1. The number of aromatic nitrogens is 3. The zero-order chi connectivity index (χ0) is 23.3. The molecule has 4 rings (SSSR count). The van der Waals surface area contributed by atoms with Crippen LogP contribution in [0.4, 0.5) is 13.2 Å². The first-order valence-corrected chi connectivity index (χ1v) is 11.5. The fourth-order valence-corrected chi connectivity index (χ4v) is 4.69. The summed E-state index contributed by atoms with van der Waals surface area (Å²) in [5.74, 6) is 0.432. The zero-order valence-electron chi connectivity index (χ0n) is 16.7. The second-order valence-corrected chi connectivity index (χ2v) is 9.83. The minimum Gasteiger partial charge on any atom is -0.323 e. The lowest BCUT2D eigenvalue weighted by Gasteiger charge is -2.17. The molecule has 3 aromatic rings. The van der Waals surface area contributed by atoms with Crippen LogP contribution in [-0.4, -0.2) is 35.2 Å². The lowest BCUT2D eigenvalue weighted by Crippen LogP contribution is -2.42. The standard InChI is InChI=1S/C20H17ClF3N5O2S/c1-11(20(22,23)24)28-32(30,31)14-4-5-17(26-9-14)18-16(7-25)15-6-13(21)8-27-19(15)29(18)10-12-2-3-12/h4-6,8-9,11-12,28H,2-3,10H2,1H3/t11-/m0/s1. The molecule has 1 atom stereocenters. The topological polar surface area (TPSA) is 101 Å². The molecule has 0 aromatic carbocycles. The Kier molecular flexibility index (Phi) is 5.65. The molecule has 0 spiro atoms. The Balaban J connectivity index is 1.77. The number of fused-ring (bicyclic) bond motifs is 1. The van der Waals surface area contributed by atoms with E-state index in [1.165, 1.54) is 12.3 Å². The number of pyridine rings is 2. The number of hydrogen-bond donors (Lipinski definition) is 1. The van der Waals surface area contributed by atoms with Gasteiger partial charge in [-0.1, -0.05) is 11.6 Å². The van der Waals surface area contributed by atoms with Crippen molar-refractivity contribution in [2.45, 2.75) is 43.4 Å². The van der Waals surface area contributed by atoms with Crippen LogP contribution >= 0.6 is 11.6 Å². The number of nitriles is 1. The van der Waals surface area contributed by atoms with Gasteiger partial charge in [0.05, 0.1) is 22.0 Å². The van der Waals surface area contributed by atoms with Crippen molar-refractivity contribution in [2.75, 3.05) is 0 Å². The lowest BCUT2D eigenvalue weighted by molar-refractivity contribution is -0.147. The summed E-state index contributed by atoms with van der Waals surface area (Å²) in [6, 6.07) is 4.06. The smallest absolute Gasteiger partial charge is 0.323 e. The zero-order valence-corrected chi connectivity index (χ0v) is 18.3. The first-order chi connectivity index (χ1) is 15.0. The van der Waals surface area contributed by atoms with Gasteiger partial charge in [-0.25, -0.2) is 13.4 Å². The summed E-state index contributed by atoms with van der Waals surface area (Å²) in [4.78, 5) is 8.12. The second kappa shape index (κ2) is 8.03. The molecule has 1 aliphatic rings. The molecular formula is C20H17ClF3N5O2S. The monoisotopic (exact) mass is 483 g/mol. The van der Waals surface area contributed by atoms with E-state index in [-0.39, 0.29) is 0 Å². The summed E-state index contributed by atoms with van der Waals surface area (Å²) in [6.07, 6.45) is -0.180. The maximum atomic E-state index is 12.8. The summed E-state index contributed by atoms with van der Waals surface area (Å²) in [7, 11) is -4.44. The number of halogens is 4. The quantitative estimate of drug-likeness (QED) is 0.564. The predicted octanol–water partition coefficient (Wildman–Crippen LogP) is 4.26. The van der Waals surface area contributed by atoms with Gasteiger partial charge in [0.1, 0.15) is 22.7 Å². The Hall–Kier alpha value is -2.68. The van der Waals surface area contributed by atoms with Crippen molar-refractivity contribution in [3.05, 3.63) is 41.2 Å². The molecule has 3 heterocycles. The summed E-state index contributed by atoms with van der Waals surface area (Å²) < 4.78 is 66.4. The Morgan fingerprint density at radius 1 is 1.31 bits per heavy atom. The van der Waals surface area contributed by atoms with Gasteiger partial charge in [0.15, 0.2) is 0 Å². The minimum atomic E-state index is -4.72. The van der Waals surface area contributed by atoms with Crippen LogP contribution in [0.15, 0.2) is 35.5 Å². The number of nitrogens with zero attached hydrogens (tertiary/aromatic N) is 4. The van der Waals surface area contributed by atoms with Gasteiger partial charge in [-0.2, -0.15) is 23.2 Å². The lowest BCUT2D eigenvalue weighted by atomic mass is 10.1. The second-order valence-electron chi connectivity index (χ2n) is 7.68. The van der Waals surface area contributed by atoms with E-state index in [4.69, 9.17) is 11.6 Å². The van der Waals surface area contributed by atoms with E-state index in [1.54, 1.807) is 10.8 Å². The highest BCUT2D eigenvalue weighted by Gasteiger charge is 2.39. The van der Waals surface area contributed by atoms with E-state index in [0.717, 1.165) is 25.1 Å². The van der Waals surface area contributed by atoms with Gasteiger partial charge in [0.25, 0.3) is 0 Å². The van der Waals surface area contributed by atoms with Crippen LogP contribution in [0.25, 0.3) is 22.4 Å². The Bertz CT molecular complexity index is 1330. The summed E-state index contributed by atoms with van der Waals surface area (Å²) >= 11 is 6.07. The molecule has 1 fully saturated rings. The molecule has 0 bridgehead atoms. The Morgan fingerprint density at radius 2 is 2.03 bits per heavy atom. The van der Waals surface area contributed by atoms with Crippen molar-refractivity contribution in [2.24, 2.45) is 5.92 Å². The van der Waals surface area contributed by atoms with E-state index in [1.807, 2.05) is 4.57 Å². The van der Waals surface area contributed by atoms with Crippen LogP contribution in [0.2, 0.25) is 5.02 Å². The van der Waals surface area contributed by atoms with Crippen molar-refractivity contribution < 1.29 is 21.6 Å². The molecule has 12 heteroatoms. The number of alkyl halides is 3. The van der Waals surface area contributed by atoms with Gasteiger partial charge in [-0.3, -0.25) is 4.98 Å². The first kappa shape index (κ1) is 22.5. The summed E-state index contributed by atoms with van der Waals surface area (Å²) in [6.45, 7) is 1.32. The molecular weight excluding hydrogens is 467 g/mol. The minimum absolute atomic E-state index is 0.294. The Labute approximate surface area is 186 Å². The van der Waals surface area contributed by atoms with Crippen LogP contribution in [0, 0.1) is 17.2 Å². The third-order valence-electron chi connectivity index (χ3n) is 5.23. The highest BCUT2D eigenvalue weighted by molar-refractivity contribution is 7.89. The molecule has 0 amide bonds. The maximum Gasteiger partial charge on any atom is 0.404 e. The van der Waals surface area contributed by atoms with Crippen LogP contribution in [0.5, 0.6) is 0 Å². The molecule has 0 unspecified atom stereocenters. The van der Waals surface area contributed by atoms with E-state index in [2.05, 4.69) is 16.0 Å². The van der Waals surface area contributed by atoms with E-state index in [9.17, 15) is 26.9 Å². The van der Waals surface area contributed by atoms with Gasteiger partial charge in [-0.05, 0) is 43.9 Å². The Morgan fingerprint density at radius 3 is 2.59 bits per heavy atom. The van der Waals surface area contributed by atoms with Crippen LogP contribution < -0.4 is 4.72 Å². The largest absolute Gasteiger partial charge is 0.404 e. The van der Waals surface area contributed by atoms with E-state index in [0.29, 0.717) is 52.4 Å². The van der Waals surface area contributed by atoms with E-state index >= 15 is 0 Å². The summed E-state index contributed by atoms with van der Waals surface area (Å²) in [5, 5.41) is 10.7. The SMILES string of the molecule is C[C@H](NS(=O)(=O)c1ccc(-c2c(C#N)c3cc(Cl)cnc3n2CC2CC2)nc1)C(F)(F)F. The van der Waals surface area contributed by atoms with Crippen molar-refractivity contribution in [1.82, 2.24) is 19.3 Å². The van der Waals surface area contributed by atoms with Gasteiger partial charge in [-0.15, -0.1) is 0 Å². The fourth-order valence-electron chi connectivity index (χ4n) is 3.36. The van der Waals surface area contributed by atoms with Crippen molar-refractivity contribution in [3.8, 4) is 17.5 Å². The molecule has 1 aliphatic carbocycles. The molecule has 168 valence electrons. The average molecular weight is 484 g/mol. The third-order valence-corrected chi connectivity index (χ3v) is 6.96. The molecule has 0 aliphatic heterocycles. The third kappa shape index (κ3) is 4.30.